The second-order valence-electron chi connectivity index (χ2n) is 10.6. The van der Waals surface area contributed by atoms with Crippen LogP contribution in [0.3, 0.4) is 0 Å². The molecule has 0 saturated carbocycles. The molecule has 0 saturated heterocycles. The molecule has 0 aliphatic rings. The van der Waals surface area contributed by atoms with E-state index in [4.69, 9.17) is 0 Å². The highest BCUT2D eigenvalue weighted by Crippen LogP contribution is 2.39. The summed E-state index contributed by atoms with van der Waals surface area (Å²) < 4.78 is 0. The first-order valence-corrected chi connectivity index (χ1v) is 13.9. The summed E-state index contributed by atoms with van der Waals surface area (Å²) in [5, 5.41) is 0. The van der Waals surface area contributed by atoms with E-state index in [0.29, 0.717) is 0 Å². The van der Waals surface area contributed by atoms with Crippen molar-refractivity contribution in [3.05, 3.63) is 0 Å². The van der Waals surface area contributed by atoms with Crippen molar-refractivity contribution in [1.29, 1.82) is 0 Å². The van der Waals surface area contributed by atoms with Gasteiger partial charge in [-0.25, -0.2) is 0 Å². The molecule has 0 heterocycles. The second-order valence-corrected chi connectivity index (χ2v) is 10.6. The van der Waals surface area contributed by atoms with Gasteiger partial charge in [-0.15, -0.1) is 0 Å². The highest BCUT2D eigenvalue weighted by atomic mass is 14.3. The molecule has 0 heteroatoms. The Bertz CT molecular complexity index is 254. The maximum absolute atomic E-state index is 2.44. The van der Waals surface area contributed by atoms with Crippen LogP contribution in [0.5, 0.6) is 0 Å². The molecule has 0 aliphatic heterocycles. The Morgan fingerprint density at radius 2 is 0.759 bits per heavy atom. The topological polar surface area (TPSA) is 0 Å². The van der Waals surface area contributed by atoms with E-state index in [9.17, 15) is 0 Å². The molecule has 0 fully saturated rings. The third-order valence-corrected chi connectivity index (χ3v) is 6.53. The molecule has 0 aromatic carbocycles. The molecule has 0 N–H and O–H groups in total. The highest BCUT2D eigenvalue weighted by Gasteiger charge is 2.28. The summed E-state index contributed by atoms with van der Waals surface area (Å²) in [4.78, 5) is 0. The molecule has 178 valence electrons. The van der Waals surface area contributed by atoms with E-state index in [0.717, 1.165) is 29.6 Å². The standard InChI is InChI=1S/C23H48.C6H14/c1-7-11-15-21(16-12-8-2)23(19-20(5)6)22(17-13-9-3)18-14-10-4;1-4-5-6(2)3/h20-23H,7-19H2,1-6H3;6H,4-5H2,1-3H3. The van der Waals surface area contributed by atoms with E-state index in [-0.39, 0.29) is 0 Å². The van der Waals surface area contributed by atoms with Gasteiger partial charge < -0.3 is 0 Å². The summed E-state index contributed by atoms with van der Waals surface area (Å²) in [5.74, 6) is 4.74. The number of unbranched alkanes of at least 4 members (excludes halogenated alkanes) is 4. The van der Waals surface area contributed by atoms with Crippen molar-refractivity contribution in [2.45, 2.75) is 159 Å². The maximum atomic E-state index is 2.44. The third kappa shape index (κ3) is 19.7. The van der Waals surface area contributed by atoms with Crippen LogP contribution in [0, 0.1) is 29.6 Å². The molecule has 0 unspecified atom stereocenters. The first kappa shape index (κ1) is 31.2. The summed E-state index contributed by atoms with van der Waals surface area (Å²) in [5.41, 5.74) is 0. The van der Waals surface area contributed by atoms with E-state index < -0.39 is 0 Å². The highest BCUT2D eigenvalue weighted by molar-refractivity contribution is 4.79. The third-order valence-electron chi connectivity index (χ3n) is 6.53. The van der Waals surface area contributed by atoms with Crippen LogP contribution in [0.2, 0.25) is 0 Å². The van der Waals surface area contributed by atoms with Gasteiger partial charge >= 0.3 is 0 Å². The lowest BCUT2D eigenvalue weighted by molar-refractivity contribution is 0.146. The first-order valence-electron chi connectivity index (χ1n) is 13.9. The Morgan fingerprint density at radius 3 is 0.931 bits per heavy atom. The number of rotatable bonds is 18. The van der Waals surface area contributed by atoms with Gasteiger partial charge in [0.2, 0.25) is 0 Å². The molecular formula is C29H62. The second kappa shape index (κ2) is 22.7. The average molecular weight is 411 g/mol. The molecule has 0 aliphatic carbocycles. The van der Waals surface area contributed by atoms with Gasteiger partial charge in [0.25, 0.3) is 0 Å². The van der Waals surface area contributed by atoms with E-state index in [1.807, 2.05) is 0 Å². The van der Waals surface area contributed by atoms with Crippen molar-refractivity contribution < 1.29 is 0 Å². The van der Waals surface area contributed by atoms with Crippen LogP contribution in [0.4, 0.5) is 0 Å². The molecule has 29 heavy (non-hydrogen) atoms. The Balaban J connectivity index is 0. The first-order chi connectivity index (χ1) is 13.9. The van der Waals surface area contributed by atoms with Crippen molar-refractivity contribution in [1.82, 2.24) is 0 Å². The predicted molar refractivity (Wildman–Crippen MR) is 138 cm³/mol. The van der Waals surface area contributed by atoms with Crippen molar-refractivity contribution in [3.63, 3.8) is 0 Å². The van der Waals surface area contributed by atoms with Crippen LogP contribution in [-0.2, 0) is 0 Å². The zero-order chi connectivity index (χ0) is 22.5. The summed E-state index contributed by atoms with van der Waals surface area (Å²) in [6.45, 7) is 21.1. The molecule has 0 rings (SSSR count). The van der Waals surface area contributed by atoms with Crippen molar-refractivity contribution >= 4 is 0 Å². The Hall–Kier alpha value is 0. The van der Waals surface area contributed by atoms with Crippen LogP contribution in [-0.4, -0.2) is 0 Å². The zero-order valence-electron chi connectivity index (χ0n) is 22.5. The maximum Gasteiger partial charge on any atom is -0.0355 e. The van der Waals surface area contributed by atoms with Crippen LogP contribution in [0.1, 0.15) is 159 Å². The van der Waals surface area contributed by atoms with Crippen LogP contribution >= 0.6 is 0 Å². The van der Waals surface area contributed by atoms with Gasteiger partial charge in [0.1, 0.15) is 0 Å². The molecule has 0 aromatic rings. The smallest absolute Gasteiger partial charge is 0.0355 e. The minimum atomic E-state index is 0.858. The summed E-state index contributed by atoms with van der Waals surface area (Å²) in [6.07, 6.45) is 21.4. The summed E-state index contributed by atoms with van der Waals surface area (Å²) in [6, 6.07) is 0. The SMILES string of the molecule is CCCC(C)C.CCCCC(CCCC)C(CC(C)C)C(CCCC)CCCC. The molecule has 0 nitrogen and oxygen atoms in total. The van der Waals surface area contributed by atoms with Crippen molar-refractivity contribution in [3.8, 4) is 0 Å². The van der Waals surface area contributed by atoms with Gasteiger partial charge in [-0.1, -0.05) is 152 Å². The minimum absolute atomic E-state index is 0.858. The van der Waals surface area contributed by atoms with Crippen molar-refractivity contribution in [2.75, 3.05) is 0 Å². The van der Waals surface area contributed by atoms with Gasteiger partial charge in [0.15, 0.2) is 0 Å². The lowest BCUT2D eigenvalue weighted by Crippen LogP contribution is -2.26. The van der Waals surface area contributed by atoms with E-state index in [1.54, 1.807) is 0 Å². The molecule has 0 atom stereocenters. The van der Waals surface area contributed by atoms with Crippen molar-refractivity contribution in [2.24, 2.45) is 29.6 Å². The molecule has 0 bridgehead atoms. The van der Waals surface area contributed by atoms with Crippen LogP contribution in [0.15, 0.2) is 0 Å². The van der Waals surface area contributed by atoms with E-state index in [2.05, 4.69) is 62.3 Å². The Labute approximate surface area is 188 Å². The lowest BCUT2D eigenvalue weighted by atomic mass is 9.70. The van der Waals surface area contributed by atoms with Gasteiger partial charge in [0, 0.05) is 0 Å². The quantitative estimate of drug-likeness (QED) is 0.211. The zero-order valence-corrected chi connectivity index (χ0v) is 22.5. The number of hydrogen-bond acceptors (Lipinski definition) is 0. The minimum Gasteiger partial charge on any atom is -0.0654 e. The fourth-order valence-electron chi connectivity index (χ4n) is 4.90. The van der Waals surface area contributed by atoms with Crippen LogP contribution in [0.25, 0.3) is 0 Å². The molecule has 0 amide bonds. The monoisotopic (exact) mass is 410 g/mol. The van der Waals surface area contributed by atoms with Gasteiger partial charge in [-0.2, -0.15) is 0 Å². The summed E-state index contributed by atoms with van der Waals surface area (Å²) >= 11 is 0. The largest absolute Gasteiger partial charge is 0.0654 e. The molecule has 0 aromatic heterocycles. The lowest BCUT2D eigenvalue weighted by Gasteiger charge is -2.36. The summed E-state index contributed by atoms with van der Waals surface area (Å²) in [7, 11) is 0. The number of hydrogen-bond donors (Lipinski definition) is 0. The van der Waals surface area contributed by atoms with E-state index in [1.165, 1.54) is 96.3 Å². The predicted octanol–water partition coefficient (Wildman–Crippen LogP) is 11.1. The Kier molecular flexibility index (Phi) is 24.4. The molecular weight excluding hydrogens is 348 g/mol. The van der Waals surface area contributed by atoms with Crippen LogP contribution < -0.4 is 0 Å². The van der Waals surface area contributed by atoms with Gasteiger partial charge in [-0.3, -0.25) is 0 Å². The van der Waals surface area contributed by atoms with E-state index >= 15 is 0 Å². The molecule has 0 radical (unpaired) electrons. The molecule has 0 spiro atoms. The fraction of sp³-hybridized carbons (Fsp3) is 1.00. The van der Waals surface area contributed by atoms with Gasteiger partial charge in [0.05, 0.1) is 0 Å². The van der Waals surface area contributed by atoms with Gasteiger partial charge in [-0.05, 0) is 36.0 Å². The Morgan fingerprint density at radius 1 is 0.414 bits per heavy atom. The average Bonchev–Trinajstić information content (AvgIpc) is 2.67. The normalized spacial score (nSPS) is 11.8. The fourth-order valence-corrected chi connectivity index (χ4v) is 4.90.